The van der Waals surface area contributed by atoms with Crippen molar-refractivity contribution < 1.29 is 19.4 Å². The van der Waals surface area contributed by atoms with Gasteiger partial charge in [0.2, 0.25) is 6.10 Å². The molecule has 0 bridgehead atoms. The SMILES string of the molecule is O=C(OC(Cc1ccccc1)C(=O)O)c1ccccc1. The lowest BCUT2D eigenvalue weighted by Crippen LogP contribution is -2.29. The summed E-state index contributed by atoms with van der Waals surface area (Å²) < 4.78 is 5.06. The third kappa shape index (κ3) is 3.68. The van der Waals surface area contributed by atoms with E-state index in [1.807, 2.05) is 18.2 Å². The first-order valence-corrected chi connectivity index (χ1v) is 6.19. The molecule has 0 radical (unpaired) electrons. The average Bonchev–Trinajstić information content (AvgIpc) is 2.48. The molecule has 0 heterocycles. The smallest absolute Gasteiger partial charge is 0.345 e. The van der Waals surface area contributed by atoms with Crippen molar-refractivity contribution in [2.45, 2.75) is 12.5 Å². The van der Waals surface area contributed by atoms with Crippen LogP contribution >= 0.6 is 0 Å². The number of aliphatic carboxylic acids is 1. The maximum Gasteiger partial charge on any atom is 0.345 e. The van der Waals surface area contributed by atoms with E-state index in [1.54, 1.807) is 42.5 Å². The highest BCUT2D eigenvalue weighted by atomic mass is 16.6. The summed E-state index contributed by atoms with van der Waals surface area (Å²) in [7, 11) is 0. The van der Waals surface area contributed by atoms with Crippen LogP contribution in [0.15, 0.2) is 60.7 Å². The van der Waals surface area contributed by atoms with Gasteiger partial charge in [0.05, 0.1) is 5.56 Å². The molecule has 1 N–H and O–H groups in total. The Morgan fingerprint density at radius 3 is 2.05 bits per heavy atom. The standard InChI is InChI=1S/C16H14O4/c17-15(18)14(11-12-7-3-1-4-8-12)20-16(19)13-9-5-2-6-10-13/h1-10,14H,11H2,(H,17,18). The topological polar surface area (TPSA) is 63.6 Å². The molecule has 0 aliphatic heterocycles. The number of carboxylic acids is 1. The van der Waals surface area contributed by atoms with Crippen molar-refractivity contribution in [3.63, 3.8) is 0 Å². The highest BCUT2D eigenvalue weighted by molar-refractivity contribution is 5.91. The van der Waals surface area contributed by atoms with Crippen molar-refractivity contribution in [3.05, 3.63) is 71.8 Å². The summed E-state index contributed by atoms with van der Waals surface area (Å²) in [6.07, 6.45) is -1.04. The molecule has 0 aliphatic carbocycles. The summed E-state index contributed by atoms with van der Waals surface area (Å²) >= 11 is 0. The molecule has 4 nitrogen and oxygen atoms in total. The highest BCUT2D eigenvalue weighted by Crippen LogP contribution is 2.10. The first kappa shape index (κ1) is 13.8. The third-order valence-corrected chi connectivity index (χ3v) is 2.80. The minimum atomic E-state index is -1.19. The zero-order valence-electron chi connectivity index (χ0n) is 10.7. The Labute approximate surface area is 116 Å². The fourth-order valence-corrected chi connectivity index (χ4v) is 1.78. The van der Waals surface area contributed by atoms with Crippen molar-refractivity contribution in [2.75, 3.05) is 0 Å². The van der Waals surface area contributed by atoms with Crippen molar-refractivity contribution in [2.24, 2.45) is 0 Å². The number of ether oxygens (including phenoxy) is 1. The molecule has 0 spiro atoms. The number of hydrogen-bond acceptors (Lipinski definition) is 3. The van der Waals surface area contributed by atoms with E-state index in [-0.39, 0.29) is 6.42 Å². The number of hydrogen-bond donors (Lipinski definition) is 1. The van der Waals surface area contributed by atoms with Crippen molar-refractivity contribution >= 4 is 11.9 Å². The molecule has 2 aromatic rings. The summed E-state index contributed by atoms with van der Waals surface area (Å²) in [6.45, 7) is 0. The fraction of sp³-hybridized carbons (Fsp3) is 0.125. The fourth-order valence-electron chi connectivity index (χ4n) is 1.78. The third-order valence-electron chi connectivity index (χ3n) is 2.80. The molecule has 0 amide bonds. The quantitative estimate of drug-likeness (QED) is 0.848. The second kappa shape index (κ2) is 6.52. The van der Waals surface area contributed by atoms with Crippen LogP contribution in [0.4, 0.5) is 0 Å². The van der Waals surface area contributed by atoms with Crippen LogP contribution in [-0.4, -0.2) is 23.1 Å². The number of esters is 1. The minimum absolute atomic E-state index is 0.148. The maximum atomic E-state index is 11.9. The molecule has 20 heavy (non-hydrogen) atoms. The van der Waals surface area contributed by atoms with E-state index in [0.29, 0.717) is 5.56 Å². The van der Waals surface area contributed by atoms with Crippen LogP contribution in [0, 0.1) is 0 Å². The zero-order valence-corrected chi connectivity index (χ0v) is 10.7. The van der Waals surface area contributed by atoms with E-state index in [9.17, 15) is 9.59 Å². The first-order valence-electron chi connectivity index (χ1n) is 6.19. The monoisotopic (exact) mass is 270 g/mol. The van der Waals surface area contributed by atoms with E-state index in [2.05, 4.69) is 0 Å². The predicted octanol–water partition coefficient (Wildman–Crippen LogP) is 2.54. The van der Waals surface area contributed by atoms with Crippen LogP contribution in [0.1, 0.15) is 15.9 Å². The molecule has 0 fully saturated rings. The Morgan fingerprint density at radius 2 is 1.50 bits per heavy atom. The van der Waals surface area contributed by atoms with E-state index in [4.69, 9.17) is 9.84 Å². The van der Waals surface area contributed by atoms with Crippen molar-refractivity contribution in [1.29, 1.82) is 0 Å². The molecular weight excluding hydrogens is 256 g/mol. The minimum Gasteiger partial charge on any atom is -0.478 e. The summed E-state index contributed by atoms with van der Waals surface area (Å²) in [5.41, 5.74) is 1.15. The average molecular weight is 270 g/mol. The van der Waals surface area contributed by atoms with E-state index in [1.165, 1.54) is 0 Å². The van der Waals surface area contributed by atoms with Crippen LogP contribution in [-0.2, 0) is 16.0 Å². The molecule has 0 saturated carbocycles. The first-order chi connectivity index (χ1) is 9.66. The summed E-state index contributed by atoms with van der Waals surface area (Å²) in [4.78, 5) is 23.1. The molecule has 102 valence electrons. The van der Waals surface area contributed by atoms with Gasteiger partial charge in [-0.3, -0.25) is 0 Å². The van der Waals surface area contributed by atoms with Gasteiger partial charge in [0, 0.05) is 6.42 Å². The van der Waals surface area contributed by atoms with Gasteiger partial charge in [-0.05, 0) is 17.7 Å². The van der Waals surface area contributed by atoms with Crippen LogP contribution in [0.5, 0.6) is 0 Å². The summed E-state index contributed by atoms with van der Waals surface area (Å²) in [5.74, 6) is -1.79. The molecule has 1 atom stereocenters. The lowest BCUT2D eigenvalue weighted by molar-refractivity contribution is -0.147. The van der Waals surface area contributed by atoms with Crippen molar-refractivity contribution in [1.82, 2.24) is 0 Å². The number of carbonyl (C=O) groups is 2. The Morgan fingerprint density at radius 1 is 0.950 bits per heavy atom. The zero-order chi connectivity index (χ0) is 14.4. The molecule has 0 aliphatic rings. The van der Waals surface area contributed by atoms with Gasteiger partial charge < -0.3 is 9.84 Å². The number of carboxylic acid groups (broad SMARTS) is 1. The Bertz CT molecular complexity index is 578. The van der Waals surface area contributed by atoms with Gasteiger partial charge in [-0.25, -0.2) is 9.59 Å². The van der Waals surface area contributed by atoms with Crippen LogP contribution in [0.2, 0.25) is 0 Å². The maximum absolute atomic E-state index is 11.9. The number of rotatable bonds is 5. The second-order valence-electron chi connectivity index (χ2n) is 4.29. The number of carbonyl (C=O) groups excluding carboxylic acids is 1. The molecule has 1 unspecified atom stereocenters. The van der Waals surface area contributed by atoms with Gasteiger partial charge in [-0.1, -0.05) is 48.5 Å². The molecule has 0 saturated heterocycles. The molecule has 4 heteroatoms. The normalized spacial score (nSPS) is 11.6. The summed E-state index contributed by atoms with van der Waals surface area (Å²) in [5, 5.41) is 9.15. The Balaban J connectivity index is 2.07. The van der Waals surface area contributed by atoms with E-state index >= 15 is 0 Å². The molecule has 2 aromatic carbocycles. The van der Waals surface area contributed by atoms with Gasteiger partial charge in [0.1, 0.15) is 0 Å². The van der Waals surface area contributed by atoms with Gasteiger partial charge in [-0.2, -0.15) is 0 Å². The predicted molar refractivity (Wildman–Crippen MR) is 73.4 cm³/mol. The second-order valence-corrected chi connectivity index (χ2v) is 4.29. The van der Waals surface area contributed by atoms with Gasteiger partial charge in [-0.15, -0.1) is 0 Å². The largest absolute Gasteiger partial charge is 0.478 e. The lowest BCUT2D eigenvalue weighted by Gasteiger charge is -2.13. The van der Waals surface area contributed by atoms with E-state index in [0.717, 1.165) is 5.56 Å². The van der Waals surface area contributed by atoms with Crippen LogP contribution in [0.3, 0.4) is 0 Å². The van der Waals surface area contributed by atoms with Gasteiger partial charge >= 0.3 is 11.9 Å². The van der Waals surface area contributed by atoms with Gasteiger partial charge in [0.25, 0.3) is 0 Å². The summed E-state index contributed by atoms with van der Waals surface area (Å²) in [6, 6.07) is 17.4. The Hall–Kier alpha value is -2.62. The van der Waals surface area contributed by atoms with E-state index < -0.39 is 18.0 Å². The van der Waals surface area contributed by atoms with Crippen LogP contribution in [0.25, 0.3) is 0 Å². The lowest BCUT2D eigenvalue weighted by atomic mass is 10.1. The van der Waals surface area contributed by atoms with Crippen molar-refractivity contribution in [3.8, 4) is 0 Å². The highest BCUT2D eigenvalue weighted by Gasteiger charge is 2.23. The van der Waals surface area contributed by atoms with Crippen LogP contribution < -0.4 is 0 Å². The Kier molecular flexibility index (Phi) is 4.50. The molecule has 2 rings (SSSR count). The molecule has 0 aromatic heterocycles. The molecular formula is C16H14O4. The number of benzene rings is 2. The van der Waals surface area contributed by atoms with Gasteiger partial charge in [0.15, 0.2) is 0 Å².